The number of hydrogen-bond donors (Lipinski definition) is 2. The van der Waals surface area contributed by atoms with E-state index in [1.165, 1.54) is 12.1 Å². The molecule has 19 heavy (non-hydrogen) atoms. The summed E-state index contributed by atoms with van der Waals surface area (Å²) in [5, 5.41) is 10.0. The van der Waals surface area contributed by atoms with Crippen LogP contribution < -0.4 is 5.73 Å². The Labute approximate surface area is 109 Å². The Morgan fingerprint density at radius 2 is 2.21 bits per heavy atom. The van der Waals surface area contributed by atoms with E-state index in [0.717, 1.165) is 6.07 Å². The third-order valence-electron chi connectivity index (χ3n) is 3.43. The van der Waals surface area contributed by atoms with Gasteiger partial charge in [0.25, 0.3) is 5.91 Å². The normalized spacial score (nSPS) is 24.4. The van der Waals surface area contributed by atoms with Gasteiger partial charge in [-0.05, 0) is 25.5 Å². The van der Waals surface area contributed by atoms with Gasteiger partial charge in [0.1, 0.15) is 0 Å². The number of nitrogens with zero attached hydrogens (tertiary/aromatic N) is 1. The molecule has 1 fully saturated rings. The Morgan fingerprint density at radius 3 is 2.89 bits per heavy atom. The van der Waals surface area contributed by atoms with Crippen LogP contribution in [0, 0.1) is 11.6 Å². The van der Waals surface area contributed by atoms with Gasteiger partial charge in [0.05, 0.1) is 0 Å². The van der Waals surface area contributed by atoms with Gasteiger partial charge in [-0.15, -0.1) is 0 Å². The number of nitrogens with two attached hydrogens (primary N) is 1. The number of carbonyl (C=O) groups is 1. The molecule has 0 radical (unpaired) electrons. The third-order valence-corrected chi connectivity index (χ3v) is 3.43. The molecule has 2 rings (SSSR count). The molecule has 0 bridgehead atoms. The first-order valence-corrected chi connectivity index (χ1v) is 6.10. The number of rotatable bonds is 3. The molecule has 6 heteroatoms. The van der Waals surface area contributed by atoms with Crippen LogP contribution in [0.5, 0.6) is 0 Å². The lowest BCUT2D eigenvalue weighted by Crippen LogP contribution is -2.55. The third kappa shape index (κ3) is 2.90. The summed E-state index contributed by atoms with van der Waals surface area (Å²) in [5.74, 6) is -2.58. The molecule has 1 atom stereocenters. The molecule has 1 aliphatic rings. The minimum atomic E-state index is -1.58. The van der Waals surface area contributed by atoms with Gasteiger partial charge in [0.15, 0.2) is 17.2 Å². The molecule has 1 amide bonds. The number of hydrogen-bond acceptors (Lipinski definition) is 3. The van der Waals surface area contributed by atoms with Crippen LogP contribution in [-0.2, 0) is 11.3 Å². The van der Waals surface area contributed by atoms with Gasteiger partial charge < -0.3 is 10.8 Å². The van der Waals surface area contributed by atoms with Crippen LogP contribution in [0.4, 0.5) is 8.78 Å². The molecule has 1 aromatic carbocycles. The highest BCUT2D eigenvalue weighted by atomic mass is 19.2. The Kier molecular flexibility index (Phi) is 3.82. The van der Waals surface area contributed by atoms with Crippen LogP contribution in [0.25, 0.3) is 0 Å². The minimum absolute atomic E-state index is 0.0400. The van der Waals surface area contributed by atoms with Crippen molar-refractivity contribution in [3.8, 4) is 0 Å². The lowest BCUT2D eigenvalue weighted by Gasteiger charge is -2.37. The maximum atomic E-state index is 13.6. The summed E-state index contributed by atoms with van der Waals surface area (Å²) in [6.07, 6.45) is 0.876. The molecular formula is C13H16F2N2O2. The van der Waals surface area contributed by atoms with Crippen molar-refractivity contribution in [2.45, 2.75) is 25.0 Å². The first-order chi connectivity index (χ1) is 8.92. The van der Waals surface area contributed by atoms with E-state index in [1.807, 2.05) is 0 Å². The fraction of sp³-hybridized carbons (Fsp3) is 0.462. The fourth-order valence-corrected chi connectivity index (χ4v) is 2.37. The predicted octanol–water partition coefficient (Wildman–Crippen LogP) is 0.777. The average Bonchev–Trinajstić information content (AvgIpc) is 2.35. The number of halogens is 2. The van der Waals surface area contributed by atoms with E-state index in [2.05, 4.69) is 0 Å². The molecule has 1 saturated heterocycles. The van der Waals surface area contributed by atoms with Gasteiger partial charge >= 0.3 is 0 Å². The zero-order valence-electron chi connectivity index (χ0n) is 10.4. The van der Waals surface area contributed by atoms with Gasteiger partial charge in [-0.25, -0.2) is 8.78 Å². The van der Waals surface area contributed by atoms with E-state index in [1.54, 1.807) is 4.90 Å². The van der Waals surface area contributed by atoms with Crippen molar-refractivity contribution in [3.05, 3.63) is 35.4 Å². The summed E-state index contributed by atoms with van der Waals surface area (Å²) in [6, 6.07) is 3.96. The molecule has 0 saturated carbocycles. The van der Waals surface area contributed by atoms with Gasteiger partial charge in [-0.3, -0.25) is 9.69 Å². The van der Waals surface area contributed by atoms with Crippen LogP contribution in [0.2, 0.25) is 0 Å². The molecule has 0 aromatic heterocycles. The van der Waals surface area contributed by atoms with E-state index >= 15 is 0 Å². The topological polar surface area (TPSA) is 66.6 Å². The maximum absolute atomic E-state index is 13.6. The molecule has 3 N–H and O–H groups in total. The van der Waals surface area contributed by atoms with E-state index in [0.29, 0.717) is 19.4 Å². The van der Waals surface area contributed by atoms with Crippen molar-refractivity contribution in [1.29, 1.82) is 0 Å². The number of carbonyl (C=O) groups excluding carboxylic acids is 1. The van der Waals surface area contributed by atoms with E-state index in [4.69, 9.17) is 5.73 Å². The van der Waals surface area contributed by atoms with Crippen LogP contribution in [0.1, 0.15) is 18.4 Å². The molecule has 104 valence electrons. The Hall–Kier alpha value is -1.53. The quantitative estimate of drug-likeness (QED) is 0.853. The standard InChI is InChI=1S/C13H16F2N2O2/c14-10-4-1-3-9(11(10)15)7-17-6-2-5-13(19,8-17)12(16)18/h1,3-4,19H,2,5-8H2,(H2,16,18). The van der Waals surface area contributed by atoms with E-state index < -0.39 is 23.1 Å². The van der Waals surface area contributed by atoms with Gasteiger partial charge in [0, 0.05) is 18.7 Å². The second kappa shape index (κ2) is 5.22. The smallest absolute Gasteiger partial charge is 0.250 e. The van der Waals surface area contributed by atoms with Crippen molar-refractivity contribution < 1.29 is 18.7 Å². The SMILES string of the molecule is NC(=O)C1(O)CCCN(Cc2cccc(F)c2F)C1. The van der Waals surface area contributed by atoms with Gasteiger partial charge in [0.2, 0.25) is 0 Å². The number of β-amino-alcohol motifs (C(OH)–C–C–N with tert-alkyl or cyclic N) is 1. The molecule has 1 unspecified atom stereocenters. The van der Waals surface area contributed by atoms with Crippen molar-refractivity contribution in [1.82, 2.24) is 4.90 Å². The molecular weight excluding hydrogens is 254 g/mol. The maximum Gasteiger partial charge on any atom is 0.250 e. The highest BCUT2D eigenvalue weighted by molar-refractivity contribution is 5.83. The molecule has 4 nitrogen and oxygen atoms in total. The van der Waals surface area contributed by atoms with Gasteiger partial charge in [-0.2, -0.15) is 0 Å². The Morgan fingerprint density at radius 1 is 1.47 bits per heavy atom. The molecule has 1 heterocycles. The van der Waals surface area contributed by atoms with Crippen molar-refractivity contribution in [2.75, 3.05) is 13.1 Å². The lowest BCUT2D eigenvalue weighted by molar-refractivity contribution is -0.142. The second-order valence-electron chi connectivity index (χ2n) is 4.92. The predicted molar refractivity (Wildman–Crippen MR) is 65.0 cm³/mol. The van der Waals surface area contributed by atoms with E-state index in [-0.39, 0.29) is 18.7 Å². The Balaban J connectivity index is 2.11. The highest BCUT2D eigenvalue weighted by Gasteiger charge is 2.38. The number of amides is 1. The van der Waals surface area contributed by atoms with Gasteiger partial charge in [-0.1, -0.05) is 12.1 Å². The minimum Gasteiger partial charge on any atom is -0.379 e. The molecule has 0 spiro atoms. The largest absolute Gasteiger partial charge is 0.379 e. The average molecular weight is 270 g/mol. The summed E-state index contributed by atoms with van der Waals surface area (Å²) < 4.78 is 26.6. The molecule has 1 aromatic rings. The summed E-state index contributed by atoms with van der Waals surface area (Å²) in [5.41, 5.74) is 3.78. The van der Waals surface area contributed by atoms with Crippen LogP contribution >= 0.6 is 0 Å². The molecule has 1 aliphatic heterocycles. The van der Waals surface area contributed by atoms with Crippen molar-refractivity contribution in [3.63, 3.8) is 0 Å². The fourth-order valence-electron chi connectivity index (χ4n) is 2.37. The zero-order valence-corrected chi connectivity index (χ0v) is 10.4. The number of primary amides is 1. The summed E-state index contributed by atoms with van der Waals surface area (Å²) in [4.78, 5) is 12.9. The van der Waals surface area contributed by atoms with Crippen LogP contribution in [0.15, 0.2) is 18.2 Å². The Bertz CT molecular complexity index is 496. The number of benzene rings is 1. The second-order valence-corrected chi connectivity index (χ2v) is 4.92. The summed E-state index contributed by atoms with van der Waals surface area (Å²) >= 11 is 0. The monoisotopic (exact) mass is 270 g/mol. The lowest BCUT2D eigenvalue weighted by atomic mass is 9.92. The summed E-state index contributed by atoms with van der Waals surface area (Å²) in [6.45, 7) is 0.781. The number of aliphatic hydroxyl groups is 1. The highest BCUT2D eigenvalue weighted by Crippen LogP contribution is 2.23. The molecule has 0 aliphatic carbocycles. The number of piperidine rings is 1. The summed E-state index contributed by atoms with van der Waals surface area (Å²) in [7, 11) is 0. The van der Waals surface area contributed by atoms with Crippen LogP contribution in [0.3, 0.4) is 0 Å². The van der Waals surface area contributed by atoms with Crippen molar-refractivity contribution in [2.24, 2.45) is 5.73 Å². The number of likely N-dealkylation sites (tertiary alicyclic amines) is 1. The van der Waals surface area contributed by atoms with E-state index in [9.17, 15) is 18.7 Å². The first kappa shape index (κ1) is 13.9. The van der Waals surface area contributed by atoms with Crippen LogP contribution in [-0.4, -0.2) is 34.6 Å². The van der Waals surface area contributed by atoms with Crippen molar-refractivity contribution >= 4 is 5.91 Å². The zero-order chi connectivity index (χ0) is 14.0. The first-order valence-electron chi connectivity index (χ1n) is 6.10.